The van der Waals surface area contributed by atoms with Crippen LogP contribution in [-0.4, -0.2) is 20.7 Å². The molecule has 3 aromatic rings. The van der Waals surface area contributed by atoms with E-state index in [4.69, 9.17) is 0 Å². The van der Waals surface area contributed by atoms with Gasteiger partial charge in [-0.25, -0.2) is 8.78 Å². The van der Waals surface area contributed by atoms with Crippen LogP contribution in [0.15, 0.2) is 42.5 Å². The van der Waals surface area contributed by atoms with E-state index >= 15 is 0 Å². The Balaban J connectivity index is 1.53. The van der Waals surface area contributed by atoms with Gasteiger partial charge < -0.3 is 9.88 Å². The second-order valence-electron chi connectivity index (χ2n) is 6.56. The first-order valence-electron chi connectivity index (χ1n) is 8.91. The highest BCUT2D eigenvalue weighted by molar-refractivity contribution is 6.04. The maximum atomic E-state index is 13.7. The molecule has 4 rings (SSSR count). The van der Waals surface area contributed by atoms with E-state index in [2.05, 4.69) is 20.1 Å². The molecule has 5 nitrogen and oxygen atoms in total. The largest absolute Gasteiger partial charge is 0.322 e. The van der Waals surface area contributed by atoms with Crippen LogP contribution in [0.3, 0.4) is 0 Å². The Morgan fingerprint density at radius 2 is 1.81 bits per heavy atom. The van der Waals surface area contributed by atoms with E-state index in [9.17, 15) is 13.6 Å². The fraction of sp³-hybridized carbons (Fsp3) is 0.250. The summed E-state index contributed by atoms with van der Waals surface area (Å²) in [7, 11) is 0. The highest BCUT2D eigenvalue weighted by Gasteiger charge is 2.16. The molecule has 138 valence electrons. The monoisotopic (exact) mass is 368 g/mol. The van der Waals surface area contributed by atoms with Crippen molar-refractivity contribution in [2.75, 3.05) is 5.32 Å². The Kier molecular flexibility index (Phi) is 4.66. The Hall–Kier alpha value is -3.09. The number of carbonyl (C=O) groups is 1. The number of halogens is 2. The number of carbonyl (C=O) groups excluding carboxylic acids is 1. The number of nitrogens with one attached hydrogen (secondary N) is 1. The molecule has 1 amide bonds. The number of anilines is 1. The molecule has 0 unspecified atom stereocenters. The molecule has 0 aliphatic carbocycles. The SMILES string of the molecule is O=C(Nc1ccc(-c2nnc3n2CCCCC3)cc1)c1ccc(F)cc1F. The molecular formula is C20H18F2N4O. The molecule has 1 aliphatic rings. The minimum absolute atomic E-state index is 0.205. The van der Waals surface area contributed by atoms with Gasteiger partial charge in [-0.2, -0.15) is 0 Å². The summed E-state index contributed by atoms with van der Waals surface area (Å²) >= 11 is 0. The number of rotatable bonds is 3. The first kappa shape index (κ1) is 17.3. The molecule has 0 fully saturated rings. The zero-order valence-electron chi connectivity index (χ0n) is 14.6. The summed E-state index contributed by atoms with van der Waals surface area (Å²) in [6.45, 7) is 0.903. The molecule has 0 atom stereocenters. The third kappa shape index (κ3) is 3.58. The van der Waals surface area contributed by atoms with Crippen molar-refractivity contribution >= 4 is 11.6 Å². The minimum atomic E-state index is -0.893. The lowest BCUT2D eigenvalue weighted by molar-refractivity contribution is 0.102. The molecule has 7 heteroatoms. The van der Waals surface area contributed by atoms with Crippen molar-refractivity contribution in [3.8, 4) is 11.4 Å². The number of nitrogens with zero attached hydrogens (tertiary/aromatic N) is 3. The summed E-state index contributed by atoms with van der Waals surface area (Å²) in [4.78, 5) is 12.2. The maximum absolute atomic E-state index is 13.7. The van der Waals surface area contributed by atoms with Crippen molar-refractivity contribution in [3.63, 3.8) is 0 Å². The zero-order chi connectivity index (χ0) is 18.8. The van der Waals surface area contributed by atoms with Crippen molar-refractivity contribution in [3.05, 3.63) is 65.5 Å². The number of aromatic nitrogens is 3. The van der Waals surface area contributed by atoms with Gasteiger partial charge in [0.25, 0.3) is 5.91 Å². The minimum Gasteiger partial charge on any atom is -0.322 e. The average molecular weight is 368 g/mol. The fourth-order valence-electron chi connectivity index (χ4n) is 3.27. The predicted molar refractivity (Wildman–Crippen MR) is 97.3 cm³/mol. The van der Waals surface area contributed by atoms with E-state index in [1.54, 1.807) is 12.1 Å². The van der Waals surface area contributed by atoms with Crippen LogP contribution in [0.5, 0.6) is 0 Å². The van der Waals surface area contributed by atoms with Gasteiger partial charge in [0.15, 0.2) is 5.82 Å². The lowest BCUT2D eigenvalue weighted by atomic mass is 10.1. The summed E-state index contributed by atoms with van der Waals surface area (Å²) in [6.07, 6.45) is 4.36. The number of hydrogen-bond acceptors (Lipinski definition) is 3. The molecule has 0 radical (unpaired) electrons. The lowest BCUT2D eigenvalue weighted by Crippen LogP contribution is -2.13. The number of benzene rings is 2. The van der Waals surface area contributed by atoms with Crippen LogP contribution in [0.1, 0.15) is 35.4 Å². The van der Waals surface area contributed by atoms with E-state index in [1.165, 1.54) is 6.42 Å². The van der Waals surface area contributed by atoms with Crippen LogP contribution in [0.2, 0.25) is 0 Å². The van der Waals surface area contributed by atoms with Gasteiger partial charge in [-0.05, 0) is 49.2 Å². The van der Waals surface area contributed by atoms with Crippen LogP contribution in [-0.2, 0) is 13.0 Å². The van der Waals surface area contributed by atoms with Gasteiger partial charge in [-0.1, -0.05) is 6.42 Å². The summed E-state index contributed by atoms with van der Waals surface area (Å²) in [5.41, 5.74) is 1.22. The van der Waals surface area contributed by atoms with E-state index in [1.807, 2.05) is 12.1 Å². The standard InChI is InChI=1S/C20H18F2N4O/c21-14-7-10-16(17(22)12-14)20(27)23-15-8-5-13(6-9-15)19-25-24-18-4-2-1-3-11-26(18)19/h5-10,12H,1-4,11H2,(H,23,27). The smallest absolute Gasteiger partial charge is 0.258 e. The van der Waals surface area contributed by atoms with Crippen molar-refractivity contribution < 1.29 is 13.6 Å². The summed E-state index contributed by atoms with van der Waals surface area (Å²) < 4.78 is 28.9. The Morgan fingerprint density at radius 3 is 2.59 bits per heavy atom. The Morgan fingerprint density at radius 1 is 1.00 bits per heavy atom. The fourth-order valence-corrected chi connectivity index (χ4v) is 3.27. The predicted octanol–water partition coefficient (Wildman–Crippen LogP) is 4.20. The van der Waals surface area contributed by atoms with E-state index < -0.39 is 17.5 Å². The molecule has 27 heavy (non-hydrogen) atoms. The van der Waals surface area contributed by atoms with Crippen molar-refractivity contribution in [2.45, 2.75) is 32.2 Å². The normalized spacial score (nSPS) is 13.7. The summed E-state index contributed by atoms with van der Waals surface area (Å²) in [5.74, 6) is -0.422. The number of fused-ring (bicyclic) bond motifs is 1. The van der Waals surface area contributed by atoms with E-state index in [0.717, 1.165) is 55.2 Å². The number of hydrogen-bond donors (Lipinski definition) is 1. The van der Waals surface area contributed by atoms with Crippen molar-refractivity contribution in [1.29, 1.82) is 0 Å². The Labute approximate surface area is 155 Å². The Bertz CT molecular complexity index is 982. The molecule has 2 aromatic carbocycles. The topological polar surface area (TPSA) is 59.8 Å². The van der Waals surface area contributed by atoms with Crippen LogP contribution < -0.4 is 5.32 Å². The number of amides is 1. The summed E-state index contributed by atoms with van der Waals surface area (Å²) in [5, 5.41) is 11.2. The quantitative estimate of drug-likeness (QED) is 0.754. The highest BCUT2D eigenvalue weighted by Crippen LogP contribution is 2.24. The van der Waals surface area contributed by atoms with Gasteiger partial charge in [0.05, 0.1) is 5.56 Å². The lowest BCUT2D eigenvalue weighted by Gasteiger charge is -2.09. The van der Waals surface area contributed by atoms with Gasteiger partial charge in [-0.3, -0.25) is 4.79 Å². The molecule has 0 saturated carbocycles. The first-order valence-corrected chi connectivity index (χ1v) is 8.91. The molecule has 1 N–H and O–H groups in total. The summed E-state index contributed by atoms with van der Waals surface area (Å²) in [6, 6.07) is 10.0. The second-order valence-corrected chi connectivity index (χ2v) is 6.56. The second kappa shape index (κ2) is 7.26. The van der Waals surface area contributed by atoms with Gasteiger partial charge in [-0.15, -0.1) is 10.2 Å². The van der Waals surface area contributed by atoms with Gasteiger partial charge in [0.2, 0.25) is 0 Å². The first-order chi connectivity index (χ1) is 13.1. The van der Waals surface area contributed by atoms with Crippen molar-refractivity contribution in [1.82, 2.24) is 14.8 Å². The van der Waals surface area contributed by atoms with Gasteiger partial charge in [0, 0.05) is 30.3 Å². The number of aryl methyl sites for hydroxylation is 1. The molecule has 0 saturated heterocycles. The molecule has 2 heterocycles. The molecule has 0 spiro atoms. The molecule has 1 aromatic heterocycles. The van der Waals surface area contributed by atoms with Crippen LogP contribution in [0.4, 0.5) is 14.5 Å². The third-order valence-corrected chi connectivity index (χ3v) is 4.69. The third-order valence-electron chi connectivity index (χ3n) is 4.69. The average Bonchev–Trinajstić information content (AvgIpc) is 2.90. The van der Waals surface area contributed by atoms with Crippen molar-refractivity contribution in [2.24, 2.45) is 0 Å². The van der Waals surface area contributed by atoms with Gasteiger partial charge >= 0.3 is 0 Å². The van der Waals surface area contributed by atoms with Crippen LogP contribution in [0.25, 0.3) is 11.4 Å². The molecule has 1 aliphatic heterocycles. The van der Waals surface area contributed by atoms with Crippen LogP contribution >= 0.6 is 0 Å². The maximum Gasteiger partial charge on any atom is 0.258 e. The highest BCUT2D eigenvalue weighted by atomic mass is 19.1. The van der Waals surface area contributed by atoms with E-state index in [-0.39, 0.29) is 5.56 Å². The molecular weight excluding hydrogens is 350 g/mol. The zero-order valence-corrected chi connectivity index (χ0v) is 14.6. The van der Waals surface area contributed by atoms with Crippen LogP contribution in [0, 0.1) is 11.6 Å². The van der Waals surface area contributed by atoms with E-state index in [0.29, 0.717) is 11.8 Å². The molecule has 0 bridgehead atoms. The van der Waals surface area contributed by atoms with Gasteiger partial charge in [0.1, 0.15) is 17.5 Å².